The summed E-state index contributed by atoms with van der Waals surface area (Å²) in [6, 6.07) is 10.7. The molecule has 128 valence electrons. The maximum atomic E-state index is 12.1. The maximum absolute atomic E-state index is 12.1. The largest absolute Gasteiger partial charge is 0.341 e. The van der Waals surface area contributed by atoms with Crippen LogP contribution in [-0.2, 0) is 4.79 Å². The third-order valence-electron chi connectivity index (χ3n) is 5.22. The van der Waals surface area contributed by atoms with Crippen molar-refractivity contribution in [1.29, 1.82) is 0 Å². The molecule has 1 heterocycles. The highest BCUT2D eigenvalue weighted by atomic mass is 16.1. The number of amides is 1. The van der Waals surface area contributed by atoms with Gasteiger partial charge in [-0.25, -0.2) is 0 Å². The molecule has 24 heavy (non-hydrogen) atoms. The third kappa shape index (κ3) is 5.11. The molecule has 0 radical (unpaired) electrons. The number of piperidine rings is 1. The van der Waals surface area contributed by atoms with E-state index in [2.05, 4.69) is 22.1 Å². The Balaban J connectivity index is 1.51. The van der Waals surface area contributed by atoms with Crippen molar-refractivity contribution in [3.63, 3.8) is 0 Å². The smallest absolute Gasteiger partial charge is 0.296 e. The number of carbonyl (C=O) groups is 1. The molecule has 1 saturated carbocycles. The number of likely N-dealkylation sites (tertiary alicyclic amines) is 1. The van der Waals surface area contributed by atoms with Gasteiger partial charge in [0.15, 0.2) is 0 Å². The minimum absolute atomic E-state index is 0.147. The molecule has 1 aromatic rings. The molecule has 3 heteroatoms. The van der Waals surface area contributed by atoms with Gasteiger partial charge in [-0.2, -0.15) is 0 Å². The second-order valence-corrected chi connectivity index (χ2v) is 7.07. The summed E-state index contributed by atoms with van der Waals surface area (Å²) in [5.74, 6) is 5.53. The van der Waals surface area contributed by atoms with Crippen LogP contribution in [0.5, 0.6) is 0 Å². The van der Waals surface area contributed by atoms with E-state index in [0.717, 1.165) is 24.6 Å². The van der Waals surface area contributed by atoms with Gasteiger partial charge in [0.2, 0.25) is 0 Å². The second kappa shape index (κ2) is 8.89. The highest BCUT2D eigenvalue weighted by Crippen LogP contribution is 2.24. The quantitative estimate of drug-likeness (QED) is 0.668. The van der Waals surface area contributed by atoms with Crippen molar-refractivity contribution >= 4 is 5.91 Å². The van der Waals surface area contributed by atoms with Gasteiger partial charge in [0.05, 0.1) is 0 Å². The summed E-state index contributed by atoms with van der Waals surface area (Å²) in [4.78, 5) is 14.7. The predicted molar refractivity (Wildman–Crippen MR) is 97.5 cm³/mol. The molecule has 2 fully saturated rings. The van der Waals surface area contributed by atoms with E-state index in [1.807, 2.05) is 30.3 Å². The first-order valence-electron chi connectivity index (χ1n) is 9.43. The van der Waals surface area contributed by atoms with Crippen LogP contribution in [0.15, 0.2) is 30.3 Å². The molecular weight excluding hydrogens is 296 g/mol. The highest BCUT2D eigenvalue weighted by Gasteiger charge is 2.26. The van der Waals surface area contributed by atoms with Gasteiger partial charge in [0.1, 0.15) is 0 Å². The number of hydrogen-bond acceptors (Lipinski definition) is 2. The number of hydrogen-bond donors (Lipinski definition) is 1. The lowest BCUT2D eigenvalue weighted by Crippen LogP contribution is -2.50. The third-order valence-corrected chi connectivity index (χ3v) is 5.22. The Kier molecular flexibility index (Phi) is 6.32. The molecule has 1 unspecified atom stereocenters. The maximum Gasteiger partial charge on any atom is 0.296 e. The minimum Gasteiger partial charge on any atom is -0.341 e. The fourth-order valence-electron chi connectivity index (χ4n) is 3.95. The van der Waals surface area contributed by atoms with E-state index in [1.54, 1.807) is 0 Å². The van der Waals surface area contributed by atoms with Gasteiger partial charge in [-0.15, -0.1) is 0 Å². The first-order valence-corrected chi connectivity index (χ1v) is 9.43. The van der Waals surface area contributed by atoms with Gasteiger partial charge >= 0.3 is 0 Å². The molecule has 0 aromatic heterocycles. The summed E-state index contributed by atoms with van der Waals surface area (Å²) >= 11 is 0. The summed E-state index contributed by atoms with van der Waals surface area (Å²) in [5.41, 5.74) is 0.886. The fraction of sp³-hybridized carbons (Fsp3) is 0.571. The lowest BCUT2D eigenvalue weighted by molar-refractivity contribution is -0.116. The Labute approximate surface area is 145 Å². The molecule has 1 amide bonds. The standard InChI is InChI=1S/C21H28N2O/c24-21(15-14-18-9-4-3-5-10-18)22-19-11-8-16-23(17-19)20-12-6-1-2-7-13-20/h3-5,9-10,19-20H,1-2,6-8,11-13,16-17H2,(H,22,24). The molecule has 1 atom stereocenters. The molecule has 0 bridgehead atoms. The fourth-order valence-corrected chi connectivity index (χ4v) is 3.95. The van der Waals surface area contributed by atoms with Gasteiger partial charge in [0.25, 0.3) is 5.91 Å². The first kappa shape index (κ1) is 17.0. The first-order chi connectivity index (χ1) is 11.8. The van der Waals surface area contributed by atoms with Gasteiger partial charge in [-0.1, -0.05) is 49.8 Å². The van der Waals surface area contributed by atoms with Crippen molar-refractivity contribution in [1.82, 2.24) is 10.2 Å². The average molecular weight is 324 g/mol. The van der Waals surface area contributed by atoms with Crippen LogP contribution in [0.4, 0.5) is 0 Å². The molecule has 3 nitrogen and oxygen atoms in total. The van der Waals surface area contributed by atoms with Crippen LogP contribution in [0.25, 0.3) is 0 Å². The Morgan fingerprint density at radius 2 is 1.75 bits per heavy atom. The van der Waals surface area contributed by atoms with Gasteiger partial charge in [0, 0.05) is 30.1 Å². The lowest BCUT2D eigenvalue weighted by Gasteiger charge is -2.38. The average Bonchev–Trinajstić information content (AvgIpc) is 2.91. The monoisotopic (exact) mass is 324 g/mol. The van der Waals surface area contributed by atoms with Crippen molar-refractivity contribution in [2.75, 3.05) is 13.1 Å². The van der Waals surface area contributed by atoms with E-state index in [1.165, 1.54) is 51.5 Å². The van der Waals surface area contributed by atoms with Crippen molar-refractivity contribution in [3.05, 3.63) is 35.9 Å². The van der Waals surface area contributed by atoms with Crippen molar-refractivity contribution in [2.24, 2.45) is 0 Å². The summed E-state index contributed by atoms with van der Waals surface area (Å²) in [5, 5.41) is 3.12. The molecule has 1 aliphatic heterocycles. The van der Waals surface area contributed by atoms with Crippen LogP contribution < -0.4 is 5.32 Å². The molecular formula is C21H28N2O. The Morgan fingerprint density at radius 1 is 1.00 bits per heavy atom. The van der Waals surface area contributed by atoms with E-state index in [-0.39, 0.29) is 11.9 Å². The molecule has 0 spiro atoms. The van der Waals surface area contributed by atoms with Crippen LogP contribution in [0.2, 0.25) is 0 Å². The van der Waals surface area contributed by atoms with Crippen LogP contribution in [-0.4, -0.2) is 36.0 Å². The van der Waals surface area contributed by atoms with Gasteiger partial charge in [-0.05, 0) is 44.4 Å². The topological polar surface area (TPSA) is 32.3 Å². The van der Waals surface area contributed by atoms with Crippen LogP contribution in [0.3, 0.4) is 0 Å². The summed E-state index contributed by atoms with van der Waals surface area (Å²) in [7, 11) is 0. The normalized spacial score (nSPS) is 22.9. The van der Waals surface area contributed by atoms with E-state index >= 15 is 0 Å². The number of benzene rings is 1. The molecule has 1 N–H and O–H groups in total. The Morgan fingerprint density at radius 3 is 2.50 bits per heavy atom. The van der Waals surface area contributed by atoms with Gasteiger partial charge in [-0.3, -0.25) is 9.69 Å². The number of carbonyl (C=O) groups excluding carboxylic acids is 1. The number of nitrogens with zero attached hydrogens (tertiary/aromatic N) is 1. The SMILES string of the molecule is O=C(C#Cc1ccccc1)NC1CCCN(C2CCCCCC2)C1. The lowest BCUT2D eigenvalue weighted by atomic mass is 10.00. The molecule has 1 aromatic carbocycles. The Bertz CT molecular complexity index is 579. The van der Waals surface area contributed by atoms with Gasteiger partial charge < -0.3 is 5.32 Å². The molecule has 1 saturated heterocycles. The molecule has 1 aliphatic carbocycles. The van der Waals surface area contributed by atoms with Crippen LogP contribution in [0, 0.1) is 11.8 Å². The van der Waals surface area contributed by atoms with Crippen molar-refractivity contribution < 1.29 is 4.79 Å². The zero-order valence-corrected chi connectivity index (χ0v) is 14.5. The number of rotatable bonds is 2. The summed E-state index contributed by atoms with van der Waals surface area (Å²) in [6.45, 7) is 2.18. The molecule has 3 rings (SSSR count). The van der Waals surface area contributed by atoms with Crippen LogP contribution >= 0.6 is 0 Å². The zero-order valence-electron chi connectivity index (χ0n) is 14.5. The molecule has 2 aliphatic rings. The highest BCUT2D eigenvalue weighted by molar-refractivity contribution is 5.94. The van der Waals surface area contributed by atoms with E-state index < -0.39 is 0 Å². The summed E-state index contributed by atoms with van der Waals surface area (Å²) < 4.78 is 0. The van der Waals surface area contributed by atoms with Crippen molar-refractivity contribution in [3.8, 4) is 11.8 Å². The van der Waals surface area contributed by atoms with Crippen LogP contribution in [0.1, 0.15) is 56.9 Å². The van der Waals surface area contributed by atoms with E-state index in [4.69, 9.17) is 0 Å². The summed E-state index contributed by atoms with van der Waals surface area (Å²) in [6.07, 6.45) is 10.4. The number of nitrogens with one attached hydrogen (secondary N) is 1. The van der Waals surface area contributed by atoms with E-state index in [9.17, 15) is 4.79 Å². The van der Waals surface area contributed by atoms with Crippen molar-refractivity contribution in [2.45, 2.75) is 63.5 Å². The van der Waals surface area contributed by atoms with E-state index in [0.29, 0.717) is 0 Å². The predicted octanol–water partition coefficient (Wildman–Crippen LogP) is 3.34. The Hall–Kier alpha value is -1.79. The minimum atomic E-state index is -0.147. The second-order valence-electron chi connectivity index (χ2n) is 7.07. The zero-order chi connectivity index (χ0) is 16.6.